The van der Waals surface area contributed by atoms with E-state index >= 15 is 0 Å². The summed E-state index contributed by atoms with van der Waals surface area (Å²) in [6.45, 7) is 5.00. The molecule has 1 aliphatic heterocycles. The van der Waals surface area contributed by atoms with Crippen LogP contribution in [0.2, 0.25) is 0 Å². The molecule has 1 heterocycles. The molecule has 6 nitrogen and oxygen atoms in total. The van der Waals surface area contributed by atoms with E-state index in [1.54, 1.807) is 0 Å². The minimum atomic E-state index is -0.934. The number of hydrogen-bond donors (Lipinski definition) is 3. The number of nitrogens with one attached hydrogen (secondary N) is 2. The smallest absolute Gasteiger partial charge is 0.332 e. The summed E-state index contributed by atoms with van der Waals surface area (Å²) in [5.74, 6) is -0.531. The number of carboxylic acids is 1. The van der Waals surface area contributed by atoms with Crippen LogP contribution in [-0.2, 0) is 9.53 Å². The Morgan fingerprint density at radius 1 is 1.35 bits per heavy atom. The minimum Gasteiger partial charge on any atom is -0.479 e. The zero-order valence-electron chi connectivity index (χ0n) is 10.2. The van der Waals surface area contributed by atoms with Gasteiger partial charge in [0, 0.05) is 13.1 Å². The van der Waals surface area contributed by atoms with Crippen LogP contribution in [0, 0.1) is 5.92 Å². The van der Waals surface area contributed by atoms with E-state index in [-0.39, 0.29) is 12.1 Å². The number of carbonyl (C=O) groups is 2. The summed E-state index contributed by atoms with van der Waals surface area (Å²) in [6.07, 6.45) is 0.262. The molecule has 0 spiro atoms. The van der Waals surface area contributed by atoms with E-state index in [1.807, 2.05) is 13.8 Å². The monoisotopic (exact) mass is 244 g/mol. The third-order valence-electron chi connectivity index (χ3n) is 2.54. The van der Waals surface area contributed by atoms with E-state index in [1.165, 1.54) is 0 Å². The molecule has 1 aliphatic rings. The van der Waals surface area contributed by atoms with Crippen molar-refractivity contribution in [3.63, 3.8) is 0 Å². The van der Waals surface area contributed by atoms with Gasteiger partial charge in [-0.1, -0.05) is 13.8 Å². The van der Waals surface area contributed by atoms with Crippen LogP contribution >= 0.6 is 0 Å². The minimum absolute atomic E-state index is 0.194. The number of ether oxygens (including phenoxy) is 1. The second kappa shape index (κ2) is 6.44. The molecule has 3 N–H and O–H groups in total. The Hall–Kier alpha value is -1.30. The number of urea groups is 1. The standard InChI is InChI=1S/C11H20N2O4/c1-7(2)5-12-11(16)13-6-8-3-4-9(17-8)10(14)15/h7-9H,3-6H2,1-2H3,(H,14,15)(H2,12,13,16). The summed E-state index contributed by atoms with van der Waals surface area (Å²) in [5.41, 5.74) is 0. The molecule has 2 atom stereocenters. The van der Waals surface area contributed by atoms with Gasteiger partial charge in [-0.05, 0) is 18.8 Å². The molecular formula is C11H20N2O4. The first-order valence-electron chi connectivity index (χ1n) is 5.89. The van der Waals surface area contributed by atoms with Crippen molar-refractivity contribution in [1.82, 2.24) is 10.6 Å². The lowest BCUT2D eigenvalue weighted by molar-refractivity contribution is -0.149. The number of hydrogen-bond acceptors (Lipinski definition) is 3. The normalized spacial score (nSPS) is 23.7. The summed E-state index contributed by atoms with van der Waals surface area (Å²) in [4.78, 5) is 22.0. The third kappa shape index (κ3) is 5.04. The second-order valence-corrected chi connectivity index (χ2v) is 4.65. The van der Waals surface area contributed by atoms with Crippen LogP contribution in [0.5, 0.6) is 0 Å². The van der Waals surface area contributed by atoms with E-state index in [0.717, 1.165) is 0 Å². The lowest BCUT2D eigenvalue weighted by atomic mass is 10.2. The maximum absolute atomic E-state index is 11.3. The lowest BCUT2D eigenvalue weighted by Crippen LogP contribution is -2.41. The molecule has 1 saturated heterocycles. The molecule has 1 fully saturated rings. The molecule has 17 heavy (non-hydrogen) atoms. The highest BCUT2D eigenvalue weighted by atomic mass is 16.5. The highest BCUT2D eigenvalue weighted by Gasteiger charge is 2.30. The molecule has 0 aromatic heterocycles. The largest absolute Gasteiger partial charge is 0.479 e. The van der Waals surface area contributed by atoms with Crippen LogP contribution in [0.25, 0.3) is 0 Å². The number of rotatable bonds is 5. The fourth-order valence-corrected chi connectivity index (χ4v) is 1.60. The molecule has 2 amide bonds. The van der Waals surface area contributed by atoms with Crippen molar-refractivity contribution in [2.45, 2.75) is 38.9 Å². The van der Waals surface area contributed by atoms with Crippen molar-refractivity contribution < 1.29 is 19.4 Å². The summed E-state index contributed by atoms with van der Waals surface area (Å²) >= 11 is 0. The van der Waals surface area contributed by atoms with E-state index in [9.17, 15) is 9.59 Å². The quantitative estimate of drug-likeness (QED) is 0.660. The first kappa shape index (κ1) is 13.8. The van der Waals surface area contributed by atoms with Crippen LogP contribution in [-0.4, -0.2) is 42.4 Å². The maximum Gasteiger partial charge on any atom is 0.332 e. The van der Waals surface area contributed by atoms with Crippen LogP contribution in [0.15, 0.2) is 0 Å². The van der Waals surface area contributed by atoms with Gasteiger partial charge in [0.25, 0.3) is 0 Å². The van der Waals surface area contributed by atoms with Crippen LogP contribution in [0.1, 0.15) is 26.7 Å². The van der Waals surface area contributed by atoms with Crippen molar-refractivity contribution in [3.05, 3.63) is 0 Å². The van der Waals surface area contributed by atoms with Gasteiger partial charge in [0.1, 0.15) is 0 Å². The first-order chi connectivity index (χ1) is 7.99. The van der Waals surface area contributed by atoms with Gasteiger partial charge < -0.3 is 20.5 Å². The van der Waals surface area contributed by atoms with E-state index in [4.69, 9.17) is 9.84 Å². The zero-order chi connectivity index (χ0) is 12.8. The predicted molar refractivity (Wildman–Crippen MR) is 61.8 cm³/mol. The van der Waals surface area contributed by atoms with E-state index in [2.05, 4.69) is 10.6 Å². The lowest BCUT2D eigenvalue weighted by Gasteiger charge is -2.13. The highest BCUT2D eigenvalue weighted by molar-refractivity contribution is 5.74. The number of carboxylic acid groups (broad SMARTS) is 1. The molecule has 2 unspecified atom stereocenters. The number of amides is 2. The SMILES string of the molecule is CC(C)CNC(=O)NCC1CCC(C(=O)O)O1. The molecule has 0 bridgehead atoms. The fraction of sp³-hybridized carbons (Fsp3) is 0.818. The molecular weight excluding hydrogens is 224 g/mol. The third-order valence-corrected chi connectivity index (χ3v) is 2.54. The van der Waals surface area contributed by atoms with Gasteiger partial charge in [0.2, 0.25) is 0 Å². The maximum atomic E-state index is 11.3. The topological polar surface area (TPSA) is 87.7 Å². The molecule has 0 aliphatic carbocycles. The molecule has 98 valence electrons. The molecule has 6 heteroatoms. The Bertz CT molecular complexity index is 281. The first-order valence-corrected chi connectivity index (χ1v) is 5.89. The summed E-state index contributed by atoms with van der Waals surface area (Å²) in [6, 6.07) is -0.235. The van der Waals surface area contributed by atoms with Crippen LogP contribution in [0.3, 0.4) is 0 Å². The summed E-state index contributed by atoms with van der Waals surface area (Å²) in [7, 11) is 0. The van der Waals surface area contributed by atoms with Gasteiger partial charge in [0.15, 0.2) is 6.10 Å². The van der Waals surface area contributed by atoms with Crippen molar-refractivity contribution in [1.29, 1.82) is 0 Å². The highest BCUT2D eigenvalue weighted by Crippen LogP contribution is 2.18. The molecule has 0 radical (unpaired) electrons. The zero-order valence-corrected chi connectivity index (χ0v) is 10.2. The van der Waals surface area contributed by atoms with Gasteiger partial charge in [-0.3, -0.25) is 0 Å². The van der Waals surface area contributed by atoms with Crippen molar-refractivity contribution in [2.75, 3.05) is 13.1 Å². The van der Waals surface area contributed by atoms with Crippen molar-refractivity contribution in [2.24, 2.45) is 5.92 Å². The van der Waals surface area contributed by atoms with Crippen molar-refractivity contribution in [3.8, 4) is 0 Å². The van der Waals surface area contributed by atoms with Gasteiger partial charge in [-0.15, -0.1) is 0 Å². The molecule has 0 aromatic rings. The fourth-order valence-electron chi connectivity index (χ4n) is 1.60. The van der Waals surface area contributed by atoms with Gasteiger partial charge in [-0.2, -0.15) is 0 Å². The molecule has 1 rings (SSSR count). The van der Waals surface area contributed by atoms with Crippen LogP contribution < -0.4 is 10.6 Å². The average molecular weight is 244 g/mol. The Balaban J connectivity index is 2.15. The van der Waals surface area contributed by atoms with Crippen molar-refractivity contribution >= 4 is 12.0 Å². The summed E-state index contributed by atoms with van der Waals surface area (Å²) < 4.78 is 5.26. The number of carbonyl (C=O) groups excluding carboxylic acids is 1. The number of aliphatic carboxylic acids is 1. The van der Waals surface area contributed by atoms with E-state index < -0.39 is 12.1 Å². The van der Waals surface area contributed by atoms with Gasteiger partial charge in [0.05, 0.1) is 6.10 Å². The summed E-state index contributed by atoms with van der Waals surface area (Å²) in [5, 5.41) is 14.1. The Kier molecular flexibility index (Phi) is 5.21. The average Bonchev–Trinajstić information content (AvgIpc) is 2.72. The van der Waals surface area contributed by atoms with Crippen LogP contribution in [0.4, 0.5) is 4.79 Å². The van der Waals surface area contributed by atoms with E-state index in [0.29, 0.717) is 31.8 Å². The second-order valence-electron chi connectivity index (χ2n) is 4.65. The van der Waals surface area contributed by atoms with Gasteiger partial charge in [-0.25, -0.2) is 9.59 Å². The molecule has 0 aromatic carbocycles. The predicted octanol–water partition coefficient (Wildman–Crippen LogP) is 0.574. The molecule has 0 saturated carbocycles. The Morgan fingerprint density at radius 3 is 2.59 bits per heavy atom. The Morgan fingerprint density at radius 2 is 2.06 bits per heavy atom. The Labute approximate surface area is 101 Å². The van der Waals surface area contributed by atoms with Gasteiger partial charge >= 0.3 is 12.0 Å².